The summed E-state index contributed by atoms with van der Waals surface area (Å²) >= 11 is 0. The molecule has 3 rings (SSSR count). The molecule has 0 saturated heterocycles. The Morgan fingerprint density at radius 3 is 2.74 bits per heavy atom. The van der Waals surface area contributed by atoms with E-state index in [1.807, 2.05) is 18.2 Å². The Morgan fingerprint density at radius 2 is 2.04 bits per heavy atom. The van der Waals surface area contributed by atoms with Gasteiger partial charge in [0.15, 0.2) is 0 Å². The number of hydrogen-bond donors (Lipinski definition) is 1. The maximum atomic E-state index is 12.1. The SMILES string of the molecule is COc1ccc(C(=O)NCc2cncc(-c3ccco3)c2)cc1. The van der Waals surface area contributed by atoms with Crippen LogP contribution in [0.5, 0.6) is 5.75 Å². The fourth-order valence-electron chi connectivity index (χ4n) is 2.19. The molecule has 1 N–H and O–H groups in total. The summed E-state index contributed by atoms with van der Waals surface area (Å²) in [4.78, 5) is 16.3. The number of ether oxygens (including phenoxy) is 1. The average Bonchev–Trinajstić information content (AvgIpc) is 3.15. The summed E-state index contributed by atoms with van der Waals surface area (Å²) in [6.07, 6.45) is 5.07. The minimum atomic E-state index is -0.143. The van der Waals surface area contributed by atoms with Crippen molar-refractivity contribution in [2.75, 3.05) is 7.11 Å². The Balaban J connectivity index is 1.65. The largest absolute Gasteiger partial charge is 0.497 e. The minimum Gasteiger partial charge on any atom is -0.497 e. The van der Waals surface area contributed by atoms with Crippen LogP contribution in [0, 0.1) is 0 Å². The van der Waals surface area contributed by atoms with Gasteiger partial charge in [-0.25, -0.2) is 0 Å². The van der Waals surface area contributed by atoms with Gasteiger partial charge in [0.25, 0.3) is 5.91 Å². The van der Waals surface area contributed by atoms with Crippen LogP contribution >= 0.6 is 0 Å². The molecule has 1 aromatic carbocycles. The number of pyridine rings is 1. The summed E-state index contributed by atoms with van der Waals surface area (Å²) in [7, 11) is 1.59. The van der Waals surface area contributed by atoms with E-state index >= 15 is 0 Å². The third-order valence-electron chi connectivity index (χ3n) is 3.41. The van der Waals surface area contributed by atoms with E-state index < -0.39 is 0 Å². The van der Waals surface area contributed by atoms with E-state index in [9.17, 15) is 4.79 Å². The van der Waals surface area contributed by atoms with Crippen molar-refractivity contribution in [2.24, 2.45) is 0 Å². The van der Waals surface area contributed by atoms with E-state index in [4.69, 9.17) is 9.15 Å². The summed E-state index contributed by atoms with van der Waals surface area (Å²) < 4.78 is 10.4. The van der Waals surface area contributed by atoms with Crippen LogP contribution in [0.15, 0.2) is 65.5 Å². The molecular weight excluding hydrogens is 292 g/mol. The van der Waals surface area contributed by atoms with E-state index in [1.165, 1.54) is 0 Å². The number of amides is 1. The summed E-state index contributed by atoms with van der Waals surface area (Å²) in [5.74, 6) is 1.33. The number of furan rings is 1. The van der Waals surface area contributed by atoms with Crippen LogP contribution < -0.4 is 10.1 Å². The summed E-state index contributed by atoms with van der Waals surface area (Å²) in [6.45, 7) is 0.395. The van der Waals surface area contributed by atoms with E-state index in [1.54, 1.807) is 50.0 Å². The zero-order chi connectivity index (χ0) is 16.1. The monoisotopic (exact) mass is 308 g/mol. The second kappa shape index (κ2) is 6.79. The van der Waals surface area contributed by atoms with Crippen LogP contribution in [0.4, 0.5) is 0 Å². The Labute approximate surface area is 133 Å². The molecule has 0 aliphatic carbocycles. The third-order valence-corrected chi connectivity index (χ3v) is 3.41. The lowest BCUT2D eigenvalue weighted by Gasteiger charge is -2.07. The molecule has 23 heavy (non-hydrogen) atoms. The molecule has 2 heterocycles. The fourth-order valence-corrected chi connectivity index (χ4v) is 2.19. The van der Waals surface area contributed by atoms with Crippen LogP contribution in [-0.2, 0) is 6.54 Å². The van der Waals surface area contributed by atoms with Gasteiger partial charge in [0.2, 0.25) is 0 Å². The predicted molar refractivity (Wildman–Crippen MR) is 86.1 cm³/mol. The van der Waals surface area contributed by atoms with E-state index in [0.29, 0.717) is 12.1 Å². The van der Waals surface area contributed by atoms with Gasteiger partial charge in [-0.05, 0) is 48.0 Å². The smallest absolute Gasteiger partial charge is 0.251 e. The molecule has 0 aliphatic heterocycles. The fraction of sp³-hybridized carbons (Fsp3) is 0.111. The van der Waals surface area contributed by atoms with Crippen LogP contribution in [0.25, 0.3) is 11.3 Å². The van der Waals surface area contributed by atoms with Crippen molar-refractivity contribution in [1.82, 2.24) is 10.3 Å². The van der Waals surface area contributed by atoms with Crippen molar-refractivity contribution in [2.45, 2.75) is 6.54 Å². The molecule has 0 aliphatic rings. The number of methoxy groups -OCH3 is 1. The van der Waals surface area contributed by atoms with E-state index in [-0.39, 0.29) is 5.91 Å². The first kappa shape index (κ1) is 14.8. The van der Waals surface area contributed by atoms with Gasteiger partial charge < -0.3 is 14.5 Å². The van der Waals surface area contributed by atoms with Gasteiger partial charge >= 0.3 is 0 Å². The van der Waals surface area contributed by atoms with Crippen molar-refractivity contribution in [3.63, 3.8) is 0 Å². The molecule has 0 spiro atoms. The number of aromatic nitrogens is 1. The van der Waals surface area contributed by atoms with Crippen LogP contribution in [0.1, 0.15) is 15.9 Å². The molecule has 0 bridgehead atoms. The van der Waals surface area contributed by atoms with Gasteiger partial charge in [0.05, 0.1) is 13.4 Å². The minimum absolute atomic E-state index is 0.143. The van der Waals surface area contributed by atoms with Crippen molar-refractivity contribution in [3.05, 3.63) is 72.2 Å². The van der Waals surface area contributed by atoms with Crippen molar-refractivity contribution in [3.8, 4) is 17.1 Å². The molecule has 0 unspecified atom stereocenters. The topological polar surface area (TPSA) is 64.4 Å². The number of carbonyl (C=O) groups is 1. The highest BCUT2D eigenvalue weighted by Crippen LogP contribution is 2.19. The van der Waals surface area contributed by atoms with Crippen molar-refractivity contribution >= 4 is 5.91 Å². The molecular formula is C18H16N2O3. The number of rotatable bonds is 5. The molecule has 0 atom stereocenters. The molecule has 5 heteroatoms. The number of carbonyl (C=O) groups excluding carboxylic acids is 1. The predicted octanol–water partition coefficient (Wildman–Crippen LogP) is 3.28. The lowest BCUT2D eigenvalue weighted by molar-refractivity contribution is 0.0951. The summed E-state index contributed by atoms with van der Waals surface area (Å²) in [6, 6.07) is 12.6. The second-order valence-corrected chi connectivity index (χ2v) is 4.97. The standard InChI is InChI=1S/C18H16N2O3/c1-22-16-6-4-14(5-7-16)18(21)20-11-13-9-15(12-19-10-13)17-3-2-8-23-17/h2-10,12H,11H2,1H3,(H,20,21). The molecule has 116 valence electrons. The number of nitrogens with zero attached hydrogens (tertiary/aromatic N) is 1. The number of hydrogen-bond acceptors (Lipinski definition) is 4. The Morgan fingerprint density at radius 1 is 1.22 bits per heavy atom. The first-order chi connectivity index (χ1) is 11.3. The van der Waals surface area contributed by atoms with Gasteiger partial charge in [0, 0.05) is 30.1 Å². The van der Waals surface area contributed by atoms with Gasteiger partial charge in [-0.2, -0.15) is 0 Å². The normalized spacial score (nSPS) is 10.3. The Kier molecular flexibility index (Phi) is 4.38. The highest BCUT2D eigenvalue weighted by atomic mass is 16.5. The van der Waals surface area contributed by atoms with Gasteiger partial charge in [-0.15, -0.1) is 0 Å². The van der Waals surface area contributed by atoms with Crippen molar-refractivity contribution in [1.29, 1.82) is 0 Å². The molecule has 0 fully saturated rings. The quantitative estimate of drug-likeness (QED) is 0.785. The van der Waals surface area contributed by atoms with Crippen LogP contribution in [0.2, 0.25) is 0 Å². The average molecular weight is 308 g/mol. The van der Waals surface area contributed by atoms with E-state index in [0.717, 1.165) is 22.6 Å². The lowest BCUT2D eigenvalue weighted by Crippen LogP contribution is -2.22. The second-order valence-electron chi connectivity index (χ2n) is 4.97. The molecule has 3 aromatic rings. The summed E-state index contributed by atoms with van der Waals surface area (Å²) in [5.41, 5.74) is 2.37. The highest BCUT2D eigenvalue weighted by Gasteiger charge is 2.07. The first-order valence-corrected chi connectivity index (χ1v) is 7.16. The van der Waals surface area contributed by atoms with Crippen LogP contribution in [-0.4, -0.2) is 18.0 Å². The molecule has 1 amide bonds. The zero-order valence-corrected chi connectivity index (χ0v) is 12.7. The van der Waals surface area contributed by atoms with Gasteiger partial charge in [-0.3, -0.25) is 9.78 Å². The molecule has 0 radical (unpaired) electrons. The maximum absolute atomic E-state index is 12.1. The number of benzene rings is 1. The van der Waals surface area contributed by atoms with Crippen molar-refractivity contribution < 1.29 is 13.9 Å². The van der Waals surface area contributed by atoms with Gasteiger partial charge in [-0.1, -0.05) is 0 Å². The first-order valence-electron chi connectivity index (χ1n) is 7.16. The van der Waals surface area contributed by atoms with E-state index in [2.05, 4.69) is 10.3 Å². The molecule has 2 aromatic heterocycles. The van der Waals surface area contributed by atoms with Gasteiger partial charge in [0.1, 0.15) is 11.5 Å². The summed E-state index contributed by atoms with van der Waals surface area (Å²) in [5, 5.41) is 2.87. The zero-order valence-electron chi connectivity index (χ0n) is 12.7. The lowest BCUT2D eigenvalue weighted by atomic mass is 10.1. The number of nitrogens with one attached hydrogen (secondary N) is 1. The molecule has 5 nitrogen and oxygen atoms in total. The third kappa shape index (κ3) is 3.58. The Bertz CT molecular complexity index is 780. The molecule has 0 saturated carbocycles. The highest BCUT2D eigenvalue weighted by molar-refractivity contribution is 5.94. The Hall–Kier alpha value is -3.08. The van der Waals surface area contributed by atoms with Crippen LogP contribution in [0.3, 0.4) is 0 Å². The maximum Gasteiger partial charge on any atom is 0.251 e.